The first-order chi connectivity index (χ1) is 30.8. The van der Waals surface area contributed by atoms with Crippen LogP contribution in [0.3, 0.4) is 0 Å². The molecule has 0 fully saturated rings. The maximum Gasteiger partial charge on any atom is 0.306 e. The van der Waals surface area contributed by atoms with Gasteiger partial charge in [0.25, 0.3) is 0 Å². The molecule has 0 saturated heterocycles. The minimum atomic E-state index is -0.763. The molecule has 0 spiro atoms. The lowest BCUT2D eigenvalue weighted by Gasteiger charge is -2.18. The van der Waals surface area contributed by atoms with Gasteiger partial charge in [-0.25, -0.2) is 0 Å². The first-order valence-corrected chi connectivity index (χ1v) is 28.3. The van der Waals surface area contributed by atoms with Gasteiger partial charge in [-0.1, -0.05) is 279 Å². The van der Waals surface area contributed by atoms with Crippen LogP contribution in [-0.2, 0) is 28.6 Å². The summed E-state index contributed by atoms with van der Waals surface area (Å²) < 4.78 is 16.9. The number of unbranched alkanes of at least 4 members (excludes halogenated alkanes) is 35. The van der Waals surface area contributed by atoms with Gasteiger partial charge in [0.05, 0.1) is 0 Å². The number of carbonyl (C=O) groups is 3. The summed E-state index contributed by atoms with van der Waals surface area (Å²) in [7, 11) is 0. The smallest absolute Gasteiger partial charge is 0.306 e. The molecule has 374 valence electrons. The van der Waals surface area contributed by atoms with Crippen molar-refractivity contribution in [3.63, 3.8) is 0 Å². The molecule has 0 saturated carbocycles. The predicted octanol–water partition coefficient (Wildman–Crippen LogP) is 18.5. The molecule has 63 heavy (non-hydrogen) atoms. The average Bonchev–Trinajstić information content (AvgIpc) is 3.27. The third kappa shape index (κ3) is 49.7. The van der Waals surface area contributed by atoms with Crippen LogP contribution < -0.4 is 0 Å². The maximum absolute atomic E-state index is 12.8. The molecular weight excluding hydrogens is 781 g/mol. The molecule has 0 amide bonds. The molecule has 0 aromatic carbocycles. The number of hydrogen-bond acceptors (Lipinski definition) is 6. The minimum absolute atomic E-state index is 0.0633. The summed E-state index contributed by atoms with van der Waals surface area (Å²) in [5, 5.41) is 0. The SMILES string of the molecule is CCCCCCCCCCCCCCCCCCCCC(=O)OC[C@@H](COC(=O)CCCCCCCCCCC(C)CC)OC(=O)CCCCCCCCCCCCCCC(C)C. The monoisotopic (exact) mass is 891 g/mol. The number of ether oxygens (including phenoxy) is 3. The highest BCUT2D eigenvalue weighted by Gasteiger charge is 2.19. The fourth-order valence-corrected chi connectivity index (χ4v) is 8.66. The van der Waals surface area contributed by atoms with Gasteiger partial charge in [0.15, 0.2) is 6.10 Å². The molecule has 0 aliphatic heterocycles. The van der Waals surface area contributed by atoms with Gasteiger partial charge in [0.1, 0.15) is 13.2 Å². The quantitative estimate of drug-likeness (QED) is 0.0344. The molecule has 0 aliphatic rings. The summed E-state index contributed by atoms with van der Waals surface area (Å²) in [4.78, 5) is 38.1. The fourth-order valence-electron chi connectivity index (χ4n) is 8.66. The van der Waals surface area contributed by atoms with E-state index >= 15 is 0 Å². The number of esters is 3. The Labute approximate surface area is 393 Å². The summed E-state index contributed by atoms with van der Waals surface area (Å²) in [5.41, 5.74) is 0. The molecule has 0 rings (SSSR count). The van der Waals surface area contributed by atoms with Gasteiger partial charge in [0.2, 0.25) is 0 Å². The molecule has 2 atom stereocenters. The van der Waals surface area contributed by atoms with Crippen LogP contribution in [0.15, 0.2) is 0 Å². The molecular formula is C57H110O6. The van der Waals surface area contributed by atoms with Crippen LogP contribution >= 0.6 is 0 Å². The van der Waals surface area contributed by atoms with E-state index in [9.17, 15) is 14.4 Å². The van der Waals surface area contributed by atoms with E-state index in [-0.39, 0.29) is 31.1 Å². The zero-order chi connectivity index (χ0) is 46.1. The Morgan fingerprint density at radius 2 is 0.603 bits per heavy atom. The lowest BCUT2D eigenvalue weighted by Crippen LogP contribution is -2.30. The standard InChI is InChI=1S/C57H110O6/c1-6-8-9-10-11-12-13-14-15-16-17-18-19-23-26-32-37-42-47-55(58)61-50-54(51-62-56(59)48-43-38-33-29-28-31-36-41-46-53(5)7-2)63-57(60)49-44-39-34-27-24-21-20-22-25-30-35-40-45-52(3)4/h52-54H,6-51H2,1-5H3/t53?,54-/m0/s1. The van der Waals surface area contributed by atoms with Crippen molar-refractivity contribution >= 4 is 17.9 Å². The second-order valence-corrected chi connectivity index (χ2v) is 20.3. The lowest BCUT2D eigenvalue weighted by molar-refractivity contribution is -0.167. The minimum Gasteiger partial charge on any atom is -0.462 e. The highest BCUT2D eigenvalue weighted by Crippen LogP contribution is 2.18. The van der Waals surface area contributed by atoms with Crippen LogP contribution in [0.5, 0.6) is 0 Å². The fraction of sp³-hybridized carbons (Fsp3) is 0.947. The van der Waals surface area contributed by atoms with Gasteiger partial charge in [-0.05, 0) is 31.1 Å². The van der Waals surface area contributed by atoms with E-state index in [4.69, 9.17) is 14.2 Å². The summed E-state index contributed by atoms with van der Waals surface area (Å²) in [5.74, 6) is 0.836. The largest absolute Gasteiger partial charge is 0.462 e. The van der Waals surface area contributed by atoms with E-state index in [0.717, 1.165) is 69.6 Å². The molecule has 0 bridgehead atoms. The van der Waals surface area contributed by atoms with Crippen LogP contribution in [-0.4, -0.2) is 37.2 Å². The van der Waals surface area contributed by atoms with Crippen LogP contribution in [0.4, 0.5) is 0 Å². The first-order valence-electron chi connectivity index (χ1n) is 28.3. The van der Waals surface area contributed by atoms with E-state index in [0.29, 0.717) is 19.3 Å². The van der Waals surface area contributed by atoms with Crippen molar-refractivity contribution in [3.05, 3.63) is 0 Å². The predicted molar refractivity (Wildman–Crippen MR) is 270 cm³/mol. The molecule has 0 N–H and O–H groups in total. The summed E-state index contributed by atoms with van der Waals surface area (Å²) in [6, 6.07) is 0. The Bertz CT molecular complexity index is 964. The van der Waals surface area contributed by atoms with Crippen LogP contribution in [0.2, 0.25) is 0 Å². The number of carbonyl (C=O) groups excluding carboxylic acids is 3. The Kier molecular flexibility index (Phi) is 48.6. The van der Waals surface area contributed by atoms with Gasteiger partial charge >= 0.3 is 17.9 Å². The van der Waals surface area contributed by atoms with E-state index in [1.165, 1.54) is 205 Å². The van der Waals surface area contributed by atoms with Crippen molar-refractivity contribution in [2.24, 2.45) is 11.8 Å². The Hall–Kier alpha value is -1.59. The average molecular weight is 892 g/mol. The highest BCUT2D eigenvalue weighted by atomic mass is 16.6. The van der Waals surface area contributed by atoms with Gasteiger partial charge in [-0.3, -0.25) is 14.4 Å². The second kappa shape index (κ2) is 49.8. The number of rotatable bonds is 51. The Balaban J connectivity index is 4.29. The van der Waals surface area contributed by atoms with Gasteiger partial charge < -0.3 is 14.2 Å². The molecule has 1 unspecified atom stereocenters. The van der Waals surface area contributed by atoms with Crippen molar-refractivity contribution in [1.29, 1.82) is 0 Å². The third-order valence-corrected chi connectivity index (χ3v) is 13.3. The zero-order valence-electron chi connectivity index (χ0n) is 43.2. The molecule has 0 aromatic rings. The first kappa shape index (κ1) is 61.4. The molecule has 0 heterocycles. The lowest BCUT2D eigenvalue weighted by atomic mass is 9.99. The zero-order valence-corrected chi connectivity index (χ0v) is 43.2. The van der Waals surface area contributed by atoms with E-state index in [1.807, 2.05) is 0 Å². The maximum atomic E-state index is 12.8. The Morgan fingerprint density at radius 1 is 0.333 bits per heavy atom. The van der Waals surface area contributed by atoms with Crippen LogP contribution in [0.25, 0.3) is 0 Å². The van der Waals surface area contributed by atoms with Crippen LogP contribution in [0, 0.1) is 11.8 Å². The second-order valence-electron chi connectivity index (χ2n) is 20.3. The third-order valence-electron chi connectivity index (χ3n) is 13.3. The van der Waals surface area contributed by atoms with Gasteiger partial charge in [-0.15, -0.1) is 0 Å². The van der Waals surface area contributed by atoms with Crippen molar-refractivity contribution in [2.75, 3.05) is 13.2 Å². The van der Waals surface area contributed by atoms with Gasteiger partial charge in [-0.2, -0.15) is 0 Å². The van der Waals surface area contributed by atoms with Crippen molar-refractivity contribution < 1.29 is 28.6 Å². The van der Waals surface area contributed by atoms with E-state index in [1.54, 1.807) is 0 Å². The molecule has 0 radical (unpaired) electrons. The summed E-state index contributed by atoms with van der Waals surface area (Å²) in [6.07, 6.45) is 52.3. The van der Waals surface area contributed by atoms with Crippen molar-refractivity contribution in [3.8, 4) is 0 Å². The summed E-state index contributed by atoms with van der Waals surface area (Å²) in [6.45, 7) is 11.4. The van der Waals surface area contributed by atoms with E-state index in [2.05, 4.69) is 34.6 Å². The highest BCUT2D eigenvalue weighted by molar-refractivity contribution is 5.71. The van der Waals surface area contributed by atoms with Crippen molar-refractivity contribution in [1.82, 2.24) is 0 Å². The molecule has 6 heteroatoms. The van der Waals surface area contributed by atoms with Crippen molar-refractivity contribution in [2.45, 2.75) is 323 Å². The molecule has 6 nitrogen and oxygen atoms in total. The summed E-state index contributed by atoms with van der Waals surface area (Å²) >= 11 is 0. The normalized spacial score (nSPS) is 12.5. The van der Waals surface area contributed by atoms with Crippen LogP contribution in [0.1, 0.15) is 317 Å². The molecule has 0 aliphatic carbocycles. The molecule has 0 aromatic heterocycles. The Morgan fingerprint density at radius 3 is 0.905 bits per heavy atom. The van der Waals surface area contributed by atoms with E-state index < -0.39 is 6.10 Å². The number of hydrogen-bond donors (Lipinski definition) is 0. The topological polar surface area (TPSA) is 78.9 Å². The van der Waals surface area contributed by atoms with Gasteiger partial charge in [0, 0.05) is 19.3 Å².